The first kappa shape index (κ1) is 40.0. The van der Waals surface area contributed by atoms with Gasteiger partial charge in [0.15, 0.2) is 0 Å². The standard InChI is InChI=1S/C45H42F2N6O7S/c46-45(47)24-41(37-4-2-1-3-36(37)30-5-6-30)52(27-45)33-10-7-29(8-11-33)31-9-13-38(42(22-31)60-34-21-32-15-18-48-43(32)50-26-34)44(54)51-61(57,58)35-12-14-39(40(23-35)53(55)56)49-25-28-16-19-59-20-17-28/h1-4,7-15,18,21-23,26,28,30,41,49H,5-6,16-17,19-20,24-25,27H2,(H,48,50)(H,51,54). The number of nitrogens with zero attached hydrogens (tertiary/aromatic N) is 3. The van der Waals surface area contributed by atoms with E-state index in [0.717, 1.165) is 48.3 Å². The van der Waals surface area contributed by atoms with Crippen LogP contribution in [-0.2, 0) is 14.8 Å². The molecule has 1 amide bonds. The van der Waals surface area contributed by atoms with E-state index in [2.05, 4.69) is 20.0 Å². The number of hydrogen-bond donors (Lipinski definition) is 3. The smallest absolute Gasteiger partial charge is 0.293 e. The number of halogens is 2. The van der Waals surface area contributed by atoms with Gasteiger partial charge in [-0.3, -0.25) is 14.9 Å². The molecule has 9 rings (SSSR count). The Bertz CT molecular complexity index is 2740. The lowest BCUT2D eigenvalue weighted by Crippen LogP contribution is -2.31. The summed E-state index contributed by atoms with van der Waals surface area (Å²) in [6.45, 7) is 1.25. The fraction of sp³-hybridized carbons (Fsp3) is 0.289. The Labute approximate surface area is 350 Å². The fourth-order valence-corrected chi connectivity index (χ4v) is 9.27. The Morgan fingerprint density at radius 3 is 2.46 bits per heavy atom. The van der Waals surface area contributed by atoms with Gasteiger partial charge in [0.2, 0.25) is 0 Å². The van der Waals surface area contributed by atoms with Crippen molar-refractivity contribution in [1.82, 2.24) is 14.7 Å². The van der Waals surface area contributed by atoms with E-state index < -0.39 is 49.9 Å². The summed E-state index contributed by atoms with van der Waals surface area (Å²) in [6, 6.07) is 26.2. The molecule has 13 nitrogen and oxygen atoms in total. The highest BCUT2D eigenvalue weighted by Crippen LogP contribution is 2.49. The number of ether oxygens (including phenoxy) is 2. The van der Waals surface area contributed by atoms with Gasteiger partial charge < -0.3 is 24.7 Å². The summed E-state index contributed by atoms with van der Waals surface area (Å²) in [7, 11) is -4.62. The van der Waals surface area contributed by atoms with Crippen molar-refractivity contribution in [1.29, 1.82) is 0 Å². The van der Waals surface area contributed by atoms with Crippen LogP contribution in [0.25, 0.3) is 22.2 Å². The highest BCUT2D eigenvalue weighted by atomic mass is 32.2. The van der Waals surface area contributed by atoms with E-state index in [9.17, 15) is 23.3 Å². The van der Waals surface area contributed by atoms with Gasteiger partial charge in [0.05, 0.1) is 34.2 Å². The number of aromatic nitrogens is 2. The van der Waals surface area contributed by atoms with Gasteiger partial charge in [-0.15, -0.1) is 0 Å². The average molecular weight is 849 g/mol. The summed E-state index contributed by atoms with van der Waals surface area (Å²) in [5, 5.41) is 15.9. The Kier molecular flexibility index (Phi) is 10.7. The van der Waals surface area contributed by atoms with Crippen LogP contribution in [0.5, 0.6) is 11.5 Å². The van der Waals surface area contributed by atoms with Gasteiger partial charge in [-0.05, 0) is 108 Å². The summed E-state index contributed by atoms with van der Waals surface area (Å²) in [5.74, 6) is -2.99. The van der Waals surface area contributed by atoms with Crippen LogP contribution in [0, 0.1) is 16.0 Å². The third kappa shape index (κ3) is 8.63. The van der Waals surface area contributed by atoms with Gasteiger partial charge in [0, 0.05) is 49.5 Å². The minimum atomic E-state index is -4.62. The number of sulfonamides is 1. The van der Waals surface area contributed by atoms with Crippen molar-refractivity contribution in [3.63, 3.8) is 0 Å². The molecule has 0 radical (unpaired) electrons. The molecule has 3 aliphatic rings. The number of amides is 1. The molecule has 2 saturated heterocycles. The predicted octanol–water partition coefficient (Wildman–Crippen LogP) is 9.35. The normalized spacial score (nSPS) is 17.9. The molecular formula is C45H42F2N6O7S. The number of alkyl halides is 2. The molecule has 2 aliphatic heterocycles. The lowest BCUT2D eigenvalue weighted by Gasteiger charge is -2.28. The molecule has 16 heteroatoms. The van der Waals surface area contributed by atoms with Crippen LogP contribution >= 0.6 is 0 Å². The molecule has 3 N–H and O–H groups in total. The summed E-state index contributed by atoms with van der Waals surface area (Å²) >= 11 is 0. The number of pyridine rings is 1. The molecule has 1 saturated carbocycles. The lowest BCUT2D eigenvalue weighted by molar-refractivity contribution is -0.384. The summed E-state index contributed by atoms with van der Waals surface area (Å²) in [5.41, 5.74) is 4.17. The van der Waals surface area contributed by atoms with Gasteiger partial charge in [0.25, 0.3) is 27.5 Å². The average Bonchev–Trinajstić information content (AvgIpc) is 3.91. The molecule has 61 heavy (non-hydrogen) atoms. The number of fused-ring (bicyclic) bond motifs is 1. The molecule has 314 valence electrons. The van der Waals surface area contributed by atoms with Gasteiger partial charge in [-0.25, -0.2) is 26.9 Å². The van der Waals surface area contributed by atoms with Crippen LogP contribution in [0.15, 0.2) is 114 Å². The van der Waals surface area contributed by atoms with E-state index in [1.165, 1.54) is 24.4 Å². The largest absolute Gasteiger partial charge is 0.455 e. The zero-order chi connectivity index (χ0) is 42.3. The van der Waals surface area contributed by atoms with Crippen molar-refractivity contribution >= 4 is 44.0 Å². The molecule has 2 aromatic heterocycles. The number of anilines is 2. The number of hydrogen-bond acceptors (Lipinski definition) is 10. The van der Waals surface area contributed by atoms with Crippen molar-refractivity contribution < 1.29 is 36.4 Å². The topological polar surface area (TPSA) is 169 Å². The van der Waals surface area contributed by atoms with Crippen molar-refractivity contribution in [2.24, 2.45) is 5.92 Å². The number of H-pyrrole nitrogens is 1. The van der Waals surface area contributed by atoms with Crippen molar-refractivity contribution in [3.8, 4) is 22.6 Å². The van der Waals surface area contributed by atoms with E-state index in [4.69, 9.17) is 9.47 Å². The predicted molar refractivity (Wildman–Crippen MR) is 226 cm³/mol. The zero-order valence-electron chi connectivity index (χ0n) is 32.9. The number of nitro benzene ring substituents is 1. The maximum atomic E-state index is 15.1. The second-order valence-electron chi connectivity index (χ2n) is 15.9. The molecule has 0 bridgehead atoms. The molecule has 1 unspecified atom stereocenters. The molecular weight excluding hydrogens is 807 g/mol. The van der Waals surface area contributed by atoms with Crippen LogP contribution in [0.1, 0.15) is 65.5 Å². The monoisotopic (exact) mass is 848 g/mol. The third-order valence-corrected chi connectivity index (χ3v) is 13.0. The van der Waals surface area contributed by atoms with Crippen molar-refractivity contribution in [3.05, 3.63) is 136 Å². The van der Waals surface area contributed by atoms with Crippen LogP contribution in [0.2, 0.25) is 0 Å². The van der Waals surface area contributed by atoms with E-state index in [1.54, 1.807) is 59.6 Å². The summed E-state index contributed by atoms with van der Waals surface area (Å²) in [4.78, 5) is 33.9. The Morgan fingerprint density at radius 1 is 0.951 bits per heavy atom. The third-order valence-electron chi connectivity index (χ3n) is 11.6. The minimum absolute atomic E-state index is 0.000496. The Morgan fingerprint density at radius 2 is 1.70 bits per heavy atom. The Hall–Kier alpha value is -6.39. The number of carbonyl (C=O) groups excluding carboxylic acids is 1. The van der Waals surface area contributed by atoms with Crippen LogP contribution in [0.4, 0.5) is 25.8 Å². The summed E-state index contributed by atoms with van der Waals surface area (Å²) < 4.78 is 71.1. The highest BCUT2D eigenvalue weighted by Gasteiger charge is 2.47. The van der Waals surface area contributed by atoms with E-state index in [-0.39, 0.29) is 35.1 Å². The van der Waals surface area contributed by atoms with Gasteiger partial charge >= 0.3 is 0 Å². The van der Waals surface area contributed by atoms with Crippen LogP contribution in [0.3, 0.4) is 0 Å². The zero-order valence-corrected chi connectivity index (χ0v) is 33.7. The van der Waals surface area contributed by atoms with Crippen LogP contribution in [-0.4, -0.2) is 61.4 Å². The highest BCUT2D eigenvalue weighted by molar-refractivity contribution is 7.90. The van der Waals surface area contributed by atoms with E-state index >= 15 is 8.78 Å². The van der Waals surface area contributed by atoms with E-state index in [1.807, 2.05) is 24.3 Å². The molecule has 0 spiro atoms. The summed E-state index contributed by atoms with van der Waals surface area (Å²) in [6.07, 6.45) is 6.61. The molecule has 1 aliphatic carbocycles. The van der Waals surface area contributed by atoms with Crippen LogP contribution < -0.4 is 19.7 Å². The Balaban J connectivity index is 0.992. The number of rotatable bonds is 13. The maximum Gasteiger partial charge on any atom is 0.293 e. The lowest BCUT2D eigenvalue weighted by atomic mass is 9.94. The number of nitro groups is 1. The molecule has 3 fully saturated rings. The van der Waals surface area contributed by atoms with E-state index in [0.29, 0.717) is 48.1 Å². The molecule has 4 aromatic carbocycles. The number of benzene rings is 4. The maximum absolute atomic E-state index is 15.1. The first-order valence-electron chi connectivity index (χ1n) is 20.2. The number of carbonyl (C=O) groups is 1. The SMILES string of the molecule is O=C(NS(=O)(=O)c1ccc(NCC2CCOCC2)c([N+](=O)[O-])c1)c1ccc(-c2ccc(N3CC(F)(F)CC3c3ccccc3C3CC3)cc2)cc1Oc1cnc2[nH]ccc2c1. The molecule has 6 aromatic rings. The van der Waals surface area contributed by atoms with Gasteiger partial charge in [-0.2, -0.15) is 0 Å². The second-order valence-corrected chi connectivity index (χ2v) is 17.5. The first-order valence-corrected chi connectivity index (χ1v) is 21.7. The number of aromatic amines is 1. The van der Waals surface area contributed by atoms with Crippen molar-refractivity contribution in [2.45, 2.75) is 54.9 Å². The van der Waals surface area contributed by atoms with Gasteiger partial charge in [-0.1, -0.05) is 42.5 Å². The van der Waals surface area contributed by atoms with Crippen molar-refractivity contribution in [2.75, 3.05) is 36.5 Å². The number of nitrogens with one attached hydrogen (secondary N) is 3. The molecule has 4 heterocycles. The second kappa shape index (κ2) is 16.2. The first-order chi connectivity index (χ1) is 29.4. The van der Waals surface area contributed by atoms with Gasteiger partial charge in [0.1, 0.15) is 22.8 Å². The fourth-order valence-electron chi connectivity index (χ4n) is 8.29. The molecule has 1 atom stereocenters. The quantitative estimate of drug-likeness (QED) is 0.0752. The minimum Gasteiger partial charge on any atom is -0.455 e.